The maximum Gasteiger partial charge on any atom is 0.251 e. The normalized spacial score (nSPS) is 29.9. The number of rotatable bonds is 3. The summed E-state index contributed by atoms with van der Waals surface area (Å²) in [5, 5.41) is 0.530. The first-order valence-corrected chi connectivity index (χ1v) is 10.6. The minimum absolute atomic E-state index is 0.0370. The zero-order chi connectivity index (χ0) is 16.9. The van der Waals surface area contributed by atoms with E-state index in [4.69, 9.17) is 0 Å². The second-order valence-corrected chi connectivity index (χ2v) is 9.92. The number of carbonyl (C=O) groups is 1. The molecule has 0 radical (unpaired) electrons. The number of sulfone groups is 1. The average Bonchev–Trinajstić information content (AvgIpc) is 3.26. The van der Waals surface area contributed by atoms with Gasteiger partial charge in [-0.05, 0) is 30.5 Å². The predicted octanol–water partition coefficient (Wildman–Crippen LogP) is 1.83. The van der Waals surface area contributed by atoms with Gasteiger partial charge in [-0.25, -0.2) is 12.8 Å². The zero-order valence-corrected chi connectivity index (χ0v) is 14.5. The third kappa shape index (κ3) is 3.21. The highest BCUT2D eigenvalue weighted by Gasteiger charge is 2.49. The highest BCUT2D eigenvalue weighted by Crippen LogP contribution is 2.40. The summed E-state index contributed by atoms with van der Waals surface area (Å²) in [4.78, 5) is 18.2. The van der Waals surface area contributed by atoms with Gasteiger partial charge in [0.1, 0.15) is 5.82 Å². The highest BCUT2D eigenvalue weighted by molar-refractivity contribution is 8.15. The Morgan fingerprint density at radius 1 is 1.25 bits per heavy atom. The summed E-state index contributed by atoms with van der Waals surface area (Å²) in [6.07, 6.45) is 1.78. The molecule has 0 spiro atoms. The molecule has 2 heterocycles. The number of aliphatic imine (C=N–C) groups is 1. The first-order valence-electron chi connectivity index (χ1n) is 7.92. The quantitative estimate of drug-likeness (QED) is 0.814. The van der Waals surface area contributed by atoms with E-state index >= 15 is 0 Å². The molecule has 128 valence electrons. The van der Waals surface area contributed by atoms with E-state index in [-0.39, 0.29) is 40.4 Å². The Morgan fingerprint density at radius 3 is 2.62 bits per heavy atom. The van der Waals surface area contributed by atoms with E-state index in [0.717, 1.165) is 18.4 Å². The van der Waals surface area contributed by atoms with E-state index in [9.17, 15) is 17.6 Å². The number of fused-ring (bicyclic) bond motifs is 1. The van der Waals surface area contributed by atoms with Crippen molar-refractivity contribution in [3.05, 3.63) is 35.6 Å². The van der Waals surface area contributed by atoms with Gasteiger partial charge >= 0.3 is 0 Å². The summed E-state index contributed by atoms with van der Waals surface area (Å²) < 4.78 is 37.0. The van der Waals surface area contributed by atoms with Gasteiger partial charge in [0.15, 0.2) is 15.0 Å². The number of benzene rings is 1. The smallest absolute Gasteiger partial charge is 0.251 e. The third-order valence-electron chi connectivity index (χ3n) is 4.57. The lowest BCUT2D eigenvalue weighted by Crippen LogP contribution is -2.37. The Labute approximate surface area is 144 Å². The van der Waals surface area contributed by atoms with Crippen molar-refractivity contribution in [1.29, 1.82) is 0 Å². The minimum atomic E-state index is -3.06. The van der Waals surface area contributed by atoms with Crippen LogP contribution in [-0.4, -0.2) is 47.2 Å². The van der Waals surface area contributed by atoms with Gasteiger partial charge in [-0.15, -0.1) is 0 Å². The van der Waals surface area contributed by atoms with Crippen LogP contribution in [-0.2, 0) is 21.2 Å². The number of nitrogens with zero attached hydrogens (tertiary/aromatic N) is 2. The Balaban J connectivity index is 1.61. The third-order valence-corrected chi connectivity index (χ3v) is 7.82. The van der Waals surface area contributed by atoms with Crippen LogP contribution in [0.3, 0.4) is 0 Å². The lowest BCUT2D eigenvalue weighted by Gasteiger charge is -2.24. The van der Waals surface area contributed by atoms with Crippen molar-refractivity contribution in [2.75, 3.05) is 11.5 Å². The van der Waals surface area contributed by atoms with Crippen LogP contribution in [0.15, 0.2) is 29.3 Å². The van der Waals surface area contributed by atoms with Crippen LogP contribution in [0.4, 0.5) is 4.39 Å². The second-order valence-electron chi connectivity index (χ2n) is 6.56. The molecule has 2 aliphatic heterocycles. The number of amides is 1. The topological polar surface area (TPSA) is 66.8 Å². The first kappa shape index (κ1) is 16.1. The van der Waals surface area contributed by atoms with Gasteiger partial charge in [0, 0.05) is 17.7 Å². The molecule has 4 rings (SSSR count). The van der Waals surface area contributed by atoms with Gasteiger partial charge < -0.3 is 4.90 Å². The van der Waals surface area contributed by atoms with Crippen LogP contribution in [0.1, 0.15) is 18.4 Å². The molecule has 0 bridgehead atoms. The number of hydrogen-bond acceptors (Lipinski definition) is 4. The van der Waals surface area contributed by atoms with Crippen LogP contribution in [0.25, 0.3) is 0 Å². The molecule has 0 aromatic heterocycles. The van der Waals surface area contributed by atoms with Crippen LogP contribution in [0.2, 0.25) is 0 Å². The SMILES string of the molecule is O=C(N=C1S[C@@H]2CS(=O)(=O)C[C@H]2N1Cc1ccc(F)cc1)C1CC1. The molecule has 3 fully saturated rings. The average molecular weight is 368 g/mol. The molecule has 2 saturated heterocycles. The van der Waals surface area contributed by atoms with Crippen molar-refractivity contribution in [3.63, 3.8) is 0 Å². The van der Waals surface area contributed by atoms with E-state index in [0.29, 0.717) is 11.7 Å². The lowest BCUT2D eigenvalue weighted by molar-refractivity contribution is -0.118. The molecule has 3 aliphatic rings. The van der Waals surface area contributed by atoms with Gasteiger partial charge in [0.05, 0.1) is 17.5 Å². The molecule has 24 heavy (non-hydrogen) atoms. The number of halogens is 1. The van der Waals surface area contributed by atoms with E-state index in [1.165, 1.54) is 23.9 Å². The van der Waals surface area contributed by atoms with Gasteiger partial charge in [0.2, 0.25) is 0 Å². The standard InChI is InChI=1S/C16H17FN2O3S2/c17-12-5-1-10(2-6-12)7-19-13-8-24(21,22)9-14(13)23-16(19)18-15(20)11-3-4-11/h1-2,5-6,11,13-14H,3-4,7-9H2/t13-,14-/m1/s1. The molecule has 0 N–H and O–H groups in total. The van der Waals surface area contributed by atoms with Gasteiger partial charge in [-0.1, -0.05) is 23.9 Å². The van der Waals surface area contributed by atoms with Crippen molar-refractivity contribution >= 4 is 32.7 Å². The summed E-state index contributed by atoms with van der Waals surface area (Å²) in [5.74, 6) is -0.172. The molecule has 2 atom stereocenters. The van der Waals surface area contributed by atoms with Crippen molar-refractivity contribution < 1.29 is 17.6 Å². The highest BCUT2D eigenvalue weighted by atomic mass is 32.2. The molecule has 8 heteroatoms. The number of hydrogen-bond donors (Lipinski definition) is 0. The lowest BCUT2D eigenvalue weighted by atomic mass is 10.1. The zero-order valence-electron chi connectivity index (χ0n) is 12.9. The monoisotopic (exact) mass is 368 g/mol. The fourth-order valence-electron chi connectivity index (χ4n) is 3.12. The minimum Gasteiger partial charge on any atom is -0.342 e. The molecule has 1 amide bonds. The Morgan fingerprint density at radius 2 is 1.96 bits per heavy atom. The molecule has 0 unspecified atom stereocenters. The number of carbonyl (C=O) groups excluding carboxylic acids is 1. The van der Waals surface area contributed by atoms with Gasteiger partial charge in [-0.2, -0.15) is 4.99 Å². The van der Waals surface area contributed by atoms with Gasteiger partial charge in [-0.3, -0.25) is 4.79 Å². The summed E-state index contributed by atoms with van der Waals surface area (Å²) in [6, 6.07) is 5.95. The summed E-state index contributed by atoms with van der Waals surface area (Å²) >= 11 is 1.39. The summed E-state index contributed by atoms with van der Waals surface area (Å²) in [6.45, 7) is 0.431. The predicted molar refractivity (Wildman–Crippen MR) is 90.9 cm³/mol. The first-order chi connectivity index (χ1) is 11.4. The van der Waals surface area contributed by atoms with E-state index in [1.807, 2.05) is 4.90 Å². The fraction of sp³-hybridized carbons (Fsp3) is 0.500. The number of thioether (sulfide) groups is 1. The maximum absolute atomic E-state index is 13.1. The summed E-state index contributed by atoms with van der Waals surface area (Å²) in [5.41, 5.74) is 0.869. The van der Waals surface area contributed by atoms with E-state index in [2.05, 4.69) is 4.99 Å². The van der Waals surface area contributed by atoms with Crippen LogP contribution < -0.4 is 0 Å². The maximum atomic E-state index is 13.1. The van der Waals surface area contributed by atoms with Crippen molar-refractivity contribution in [1.82, 2.24) is 4.90 Å². The molecular formula is C16H17FN2O3S2. The molecule has 1 aromatic rings. The van der Waals surface area contributed by atoms with Crippen molar-refractivity contribution in [3.8, 4) is 0 Å². The fourth-order valence-corrected chi connectivity index (χ4v) is 7.08. The summed E-state index contributed by atoms with van der Waals surface area (Å²) in [7, 11) is -3.06. The molecule has 1 aromatic carbocycles. The molecule has 1 saturated carbocycles. The Hall–Kier alpha value is -1.41. The largest absolute Gasteiger partial charge is 0.342 e. The van der Waals surface area contributed by atoms with E-state index in [1.54, 1.807) is 12.1 Å². The Bertz CT molecular complexity index is 803. The molecular weight excluding hydrogens is 351 g/mol. The molecule has 5 nitrogen and oxygen atoms in total. The van der Waals surface area contributed by atoms with Crippen molar-refractivity contribution in [2.45, 2.75) is 30.7 Å². The van der Waals surface area contributed by atoms with E-state index < -0.39 is 9.84 Å². The van der Waals surface area contributed by atoms with Crippen LogP contribution >= 0.6 is 11.8 Å². The van der Waals surface area contributed by atoms with Crippen LogP contribution in [0.5, 0.6) is 0 Å². The van der Waals surface area contributed by atoms with Crippen molar-refractivity contribution in [2.24, 2.45) is 10.9 Å². The molecule has 1 aliphatic carbocycles. The second kappa shape index (κ2) is 5.84. The Kier molecular flexibility index (Phi) is 3.91. The van der Waals surface area contributed by atoms with Crippen LogP contribution in [0, 0.1) is 11.7 Å². The van der Waals surface area contributed by atoms with Gasteiger partial charge in [0.25, 0.3) is 5.91 Å². The number of amidine groups is 1.